The van der Waals surface area contributed by atoms with Crippen LogP contribution < -0.4 is 0 Å². The second kappa shape index (κ2) is 3.42. The lowest BCUT2D eigenvalue weighted by Gasteiger charge is -2.27. The molecule has 0 aliphatic carbocycles. The lowest BCUT2D eigenvalue weighted by Crippen LogP contribution is -2.62. The zero-order valence-electron chi connectivity index (χ0n) is 6.34. The summed E-state index contributed by atoms with van der Waals surface area (Å²) in [6.07, 6.45) is -6.76. The van der Waals surface area contributed by atoms with E-state index in [1.54, 1.807) is 0 Å². The predicted octanol–water partition coefficient (Wildman–Crippen LogP) is 1.88. The van der Waals surface area contributed by atoms with Crippen molar-refractivity contribution in [1.29, 1.82) is 0 Å². The minimum absolute atomic E-state index is 4.10. The molecule has 0 saturated carbocycles. The summed E-state index contributed by atoms with van der Waals surface area (Å²) in [6.45, 7) is 0. The third-order valence-corrected chi connectivity index (χ3v) is 1.34. The molecule has 0 bridgehead atoms. The number of carbonyl (C=O) groups excluding carboxylic acids is 2. The lowest BCUT2D eigenvalue weighted by atomic mass is 9.98. The first kappa shape index (κ1) is 13.8. The van der Waals surface area contributed by atoms with Crippen molar-refractivity contribution in [2.75, 3.05) is 0 Å². The zero-order chi connectivity index (χ0) is 12.7. The molecule has 0 rings (SSSR count). The summed E-state index contributed by atoms with van der Waals surface area (Å²) in [5.41, 5.74) is -6.51. The molecule has 0 radical (unpaired) electrons. The van der Waals surface area contributed by atoms with E-state index in [0.717, 1.165) is 0 Å². The molecule has 0 amide bonds. The third kappa shape index (κ3) is 1.79. The summed E-state index contributed by atoms with van der Waals surface area (Å²) < 4.78 is 94.2. The molecule has 1 unspecified atom stereocenters. The maximum absolute atomic E-state index is 12.4. The molecule has 0 aliphatic rings. The molecule has 10 heteroatoms. The Morgan fingerprint density at radius 1 is 0.733 bits per heavy atom. The largest absolute Gasteiger partial charge is 0.439 e. The average molecular weight is 244 g/mol. The van der Waals surface area contributed by atoms with E-state index < -0.39 is 29.8 Å². The highest BCUT2D eigenvalue weighted by Crippen LogP contribution is 2.46. The Balaban J connectivity index is 5.73. The number of hydrogen-bond acceptors (Lipinski definition) is 2. The summed E-state index contributed by atoms with van der Waals surface area (Å²) in [5.74, 6) is -6.46. The second-order valence-corrected chi connectivity index (χ2v) is 2.28. The van der Waals surface area contributed by atoms with Crippen molar-refractivity contribution < 1.29 is 44.7 Å². The number of alkyl halides is 6. The van der Waals surface area contributed by atoms with Crippen LogP contribution in [-0.2, 0) is 9.59 Å². The van der Waals surface area contributed by atoms with E-state index in [0.29, 0.717) is 0 Å². The van der Waals surface area contributed by atoms with Crippen LogP contribution in [0.4, 0.5) is 35.1 Å². The highest BCUT2D eigenvalue weighted by Gasteiger charge is 2.80. The van der Waals surface area contributed by atoms with E-state index in [1.165, 1.54) is 0 Å². The molecule has 0 spiro atoms. The quantitative estimate of drug-likeness (QED) is 0.561. The van der Waals surface area contributed by atoms with Crippen molar-refractivity contribution in [1.82, 2.24) is 0 Å². The van der Waals surface area contributed by atoms with E-state index in [2.05, 4.69) is 0 Å². The van der Waals surface area contributed by atoms with Crippen LogP contribution in [0.2, 0.25) is 0 Å². The highest BCUT2D eigenvalue weighted by atomic mass is 19.4. The van der Waals surface area contributed by atoms with Gasteiger partial charge in [-0.1, -0.05) is 0 Å². The number of carbonyl (C=O) groups is 2. The van der Waals surface area contributed by atoms with Gasteiger partial charge in [0.05, 0.1) is 0 Å². The van der Waals surface area contributed by atoms with Crippen molar-refractivity contribution in [2.45, 2.75) is 17.8 Å². The lowest BCUT2D eigenvalue weighted by molar-refractivity contribution is -0.288. The molecule has 15 heavy (non-hydrogen) atoms. The maximum atomic E-state index is 12.4. The standard InChI is InChI=1S/C5F8O2/c6-1(14)3(8,5(11,12)13)4(9,10)2(7)15. The number of halogens is 8. The van der Waals surface area contributed by atoms with Gasteiger partial charge >= 0.3 is 29.8 Å². The predicted molar refractivity (Wildman–Crippen MR) is 27.1 cm³/mol. The highest BCUT2D eigenvalue weighted by molar-refractivity contribution is 5.91. The van der Waals surface area contributed by atoms with Crippen molar-refractivity contribution in [2.24, 2.45) is 0 Å². The van der Waals surface area contributed by atoms with Gasteiger partial charge in [0.15, 0.2) is 0 Å². The van der Waals surface area contributed by atoms with Crippen molar-refractivity contribution in [3.05, 3.63) is 0 Å². The fraction of sp³-hybridized carbons (Fsp3) is 0.600. The number of hydrogen-bond donors (Lipinski definition) is 0. The smallest absolute Gasteiger partial charge is 0.257 e. The monoisotopic (exact) mass is 244 g/mol. The van der Waals surface area contributed by atoms with E-state index in [1.807, 2.05) is 0 Å². The molecule has 2 nitrogen and oxygen atoms in total. The van der Waals surface area contributed by atoms with Gasteiger partial charge in [0.1, 0.15) is 0 Å². The van der Waals surface area contributed by atoms with Crippen LogP contribution in [0, 0.1) is 0 Å². The first-order chi connectivity index (χ1) is 6.39. The number of rotatable bonds is 3. The summed E-state index contributed by atoms with van der Waals surface area (Å²) in [4.78, 5) is 18.9. The van der Waals surface area contributed by atoms with Crippen LogP contribution in [0.25, 0.3) is 0 Å². The Kier molecular flexibility index (Phi) is 3.14. The van der Waals surface area contributed by atoms with Crippen LogP contribution >= 0.6 is 0 Å². The zero-order valence-corrected chi connectivity index (χ0v) is 6.34. The summed E-state index contributed by atoms with van der Waals surface area (Å²) in [6, 6.07) is -8.31. The Hall–Kier alpha value is -1.22. The molecule has 0 N–H and O–H groups in total. The molecule has 1 atom stereocenters. The van der Waals surface area contributed by atoms with Crippen LogP contribution in [0.1, 0.15) is 0 Å². The Morgan fingerprint density at radius 3 is 1.13 bits per heavy atom. The molecular formula is C5F8O2. The van der Waals surface area contributed by atoms with Crippen LogP contribution in [0.3, 0.4) is 0 Å². The fourth-order valence-corrected chi connectivity index (χ4v) is 0.548. The Morgan fingerprint density at radius 2 is 1.07 bits per heavy atom. The normalized spacial score (nSPS) is 17.1. The van der Waals surface area contributed by atoms with E-state index >= 15 is 0 Å². The van der Waals surface area contributed by atoms with Crippen LogP contribution in [0.15, 0.2) is 0 Å². The van der Waals surface area contributed by atoms with Crippen LogP contribution in [-0.4, -0.2) is 29.8 Å². The molecule has 0 aromatic carbocycles. The molecule has 88 valence electrons. The first-order valence-electron chi connectivity index (χ1n) is 2.92. The average Bonchev–Trinajstić information content (AvgIpc) is 1.99. The van der Waals surface area contributed by atoms with Gasteiger partial charge in [-0.15, -0.1) is 0 Å². The van der Waals surface area contributed by atoms with Crippen LogP contribution in [0.5, 0.6) is 0 Å². The molecule has 0 aromatic rings. The molecular weight excluding hydrogens is 244 g/mol. The molecule has 0 aliphatic heterocycles. The van der Waals surface area contributed by atoms with Gasteiger partial charge in [-0.25, -0.2) is 4.39 Å². The Labute approximate surface area is 75.8 Å². The molecule has 0 aromatic heterocycles. The van der Waals surface area contributed by atoms with Gasteiger partial charge in [-0.2, -0.15) is 30.7 Å². The van der Waals surface area contributed by atoms with Crippen molar-refractivity contribution in [3.63, 3.8) is 0 Å². The van der Waals surface area contributed by atoms with Gasteiger partial charge in [0.25, 0.3) is 0 Å². The van der Waals surface area contributed by atoms with Crippen molar-refractivity contribution >= 4 is 12.1 Å². The maximum Gasteiger partial charge on any atom is 0.439 e. The summed E-state index contributed by atoms with van der Waals surface area (Å²) in [7, 11) is 0. The Bertz CT molecular complexity index is 294. The third-order valence-electron chi connectivity index (χ3n) is 1.34. The molecule has 0 saturated heterocycles. The van der Waals surface area contributed by atoms with Gasteiger partial charge in [-0.3, -0.25) is 9.59 Å². The van der Waals surface area contributed by atoms with Gasteiger partial charge in [0, 0.05) is 0 Å². The summed E-state index contributed by atoms with van der Waals surface area (Å²) in [5, 5.41) is 0. The first-order valence-corrected chi connectivity index (χ1v) is 2.92. The topological polar surface area (TPSA) is 34.1 Å². The minimum atomic E-state index is -6.76. The van der Waals surface area contributed by atoms with Gasteiger partial charge in [-0.05, 0) is 0 Å². The SMILES string of the molecule is O=C(F)C(F)(F)C(F)(C(=O)F)C(F)(F)F. The van der Waals surface area contributed by atoms with E-state index in [4.69, 9.17) is 0 Å². The van der Waals surface area contributed by atoms with Gasteiger partial charge in [0.2, 0.25) is 0 Å². The van der Waals surface area contributed by atoms with E-state index in [-0.39, 0.29) is 0 Å². The minimum Gasteiger partial charge on any atom is -0.257 e. The summed E-state index contributed by atoms with van der Waals surface area (Å²) >= 11 is 0. The fourth-order valence-electron chi connectivity index (χ4n) is 0.548. The van der Waals surface area contributed by atoms with E-state index in [9.17, 15) is 44.7 Å². The van der Waals surface area contributed by atoms with Gasteiger partial charge < -0.3 is 0 Å². The van der Waals surface area contributed by atoms with Crippen molar-refractivity contribution in [3.8, 4) is 0 Å². The second-order valence-electron chi connectivity index (χ2n) is 2.28. The molecule has 0 fully saturated rings. The molecule has 0 heterocycles.